The molecule has 0 radical (unpaired) electrons. The van der Waals surface area contributed by atoms with Gasteiger partial charge in [0, 0.05) is 13.7 Å². The van der Waals surface area contributed by atoms with Crippen LogP contribution in [0, 0.1) is 6.92 Å². The summed E-state index contributed by atoms with van der Waals surface area (Å²) in [4.78, 5) is 14.4. The number of carbonyl (C=O) groups excluding carboxylic acids is 1. The van der Waals surface area contributed by atoms with E-state index in [0.29, 0.717) is 13.2 Å². The summed E-state index contributed by atoms with van der Waals surface area (Å²) in [5.74, 6) is 0.760. The summed E-state index contributed by atoms with van der Waals surface area (Å²) >= 11 is 0. The van der Waals surface area contributed by atoms with Crippen molar-refractivity contribution in [2.45, 2.75) is 38.0 Å². The van der Waals surface area contributed by atoms with Gasteiger partial charge in [-0.25, -0.2) is 0 Å². The van der Waals surface area contributed by atoms with Gasteiger partial charge in [-0.2, -0.15) is 0 Å². The van der Waals surface area contributed by atoms with E-state index in [1.54, 1.807) is 7.11 Å². The SMILES string of the molecule is CO[C@@H]1[C@H]2CC[C@H]1OCCN2C(=O)COc1ccccc1C. The number of carbonyl (C=O) groups is 1. The Morgan fingerprint density at radius 2 is 2.18 bits per heavy atom. The van der Waals surface area contributed by atoms with Gasteiger partial charge in [0.15, 0.2) is 6.61 Å². The van der Waals surface area contributed by atoms with E-state index < -0.39 is 0 Å². The van der Waals surface area contributed by atoms with Crippen molar-refractivity contribution in [1.82, 2.24) is 4.90 Å². The number of methoxy groups -OCH3 is 1. The summed E-state index contributed by atoms with van der Waals surface area (Å²) in [6.07, 6.45) is 1.97. The normalized spacial score (nSPS) is 27.5. The molecule has 0 spiro atoms. The maximum Gasteiger partial charge on any atom is 0.260 e. The van der Waals surface area contributed by atoms with Crippen LogP contribution in [0.15, 0.2) is 24.3 Å². The van der Waals surface area contributed by atoms with Crippen molar-refractivity contribution in [3.05, 3.63) is 29.8 Å². The van der Waals surface area contributed by atoms with Crippen LogP contribution in [0.4, 0.5) is 0 Å². The molecule has 1 aliphatic carbocycles. The molecule has 22 heavy (non-hydrogen) atoms. The predicted molar refractivity (Wildman–Crippen MR) is 81.9 cm³/mol. The number of benzene rings is 1. The molecule has 3 rings (SSSR count). The Bertz CT molecular complexity index is 533. The minimum atomic E-state index is -0.0232. The summed E-state index contributed by atoms with van der Waals surface area (Å²) < 4.78 is 17.1. The molecule has 2 bridgehead atoms. The number of aryl methyl sites for hydroxylation is 1. The van der Waals surface area contributed by atoms with E-state index >= 15 is 0 Å². The van der Waals surface area contributed by atoms with Crippen molar-refractivity contribution < 1.29 is 19.0 Å². The monoisotopic (exact) mass is 305 g/mol. The molecule has 1 aliphatic heterocycles. The van der Waals surface area contributed by atoms with Crippen LogP contribution in [0.3, 0.4) is 0 Å². The second kappa shape index (κ2) is 6.67. The zero-order valence-corrected chi connectivity index (χ0v) is 13.2. The van der Waals surface area contributed by atoms with Gasteiger partial charge >= 0.3 is 0 Å². The van der Waals surface area contributed by atoms with Gasteiger partial charge in [-0.05, 0) is 31.4 Å². The van der Waals surface area contributed by atoms with E-state index in [1.807, 2.05) is 36.1 Å². The molecule has 1 saturated carbocycles. The molecule has 0 unspecified atom stereocenters. The fourth-order valence-electron chi connectivity index (χ4n) is 3.45. The number of para-hydroxylation sites is 1. The van der Waals surface area contributed by atoms with Gasteiger partial charge in [-0.1, -0.05) is 18.2 Å². The lowest BCUT2D eigenvalue weighted by molar-refractivity contribution is -0.137. The van der Waals surface area contributed by atoms with Crippen molar-refractivity contribution in [1.29, 1.82) is 0 Å². The Balaban J connectivity index is 1.65. The first-order chi connectivity index (χ1) is 10.7. The molecule has 0 N–H and O–H groups in total. The van der Waals surface area contributed by atoms with Crippen LogP contribution in [-0.4, -0.2) is 55.9 Å². The third-order valence-corrected chi connectivity index (χ3v) is 4.59. The van der Waals surface area contributed by atoms with Crippen molar-refractivity contribution in [3.63, 3.8) is 0 Å². The van der Waals surface area contributed by atoms with E-state index in [-0.39, 0.29) is 30.8 Å². The molecule has 2 fully saturated rings. The van der Waals surface area contributed by atoms with Crippen molar-refractivity contribution >= 4 is 5.91 Å². The topological polar surface area (TPSA) is 48.0 Å². The number of nitrogens with zero attached hydrogens (tertiary/aromatic N) is 1. The highest BCUT2D eigenvalue weighted by Crippen LogP contribution is 2.31. The Hall–Kier alpha value is -1.59. The van der Waals surface area contributed by atoms with Crippen LogP contribution in [0.1, 0.15) is 18.4 Å². The van der Waals surface area contributed by atoms with Gasteiger partial charge in [0.1, 0.15) is 11.9 Å². The zero-order chi connectivity index (χ0) is 15.5. The summed E-state index contributed by atoms with van der Waals surface area (Å²) in [5.41, 5.74) is 1.03. The molecule has 2 aliphatic rings. The smallest absolute Gasteiger partial charge is 0.260 e. The molecule has 120 valence electrons. The second-order valence-electron chi connectivity index (χ2n) is 5.90. The molecule has 1 saturated heterocycles. The average Bonchev–Trinajstić information content (AvgIpc) is 2.81. The quantitative estimate of drug-likeness (QED) is 0.851. The lowest BCUT2D eigenvalue weighted by Gasteiger charge is -2.30. The first-order valence-electron chi connectivity index (χ1n) is 7.83. The molecule has 1 amide bonds. The van der Waals surface area contributed by atoms with Crippen molar-refractivity contribution in [2.75, 3.05) is 26.9 Å². The standard InChI is InChI=1S/C17H23NO4/c1-12-5-3-4-6-14(12)22-11-16(19)18-9-10-21-15-8-7-13(18)17(15)20-2/h3-6,13,15,17H,7-11H2,1-2H3/t13-,15-,17-/m1/s1. The number of hydrogen-bond acceptors (Lipinski definition) is 4. The molecule has 5 nitrogen and oxygen atoms in total. The largest absolute Gasteiger partial charge is 0.484 e. The van der Waals surface area contributed by atoms with Gasteiger partial charge in [-0.15, -0.1) is 0 Å². The van der Waals surface area contributed by atoms with Gasteiger partial charge in [0.05, 0.1) is 18.8 Å². The summed E-state index contributed by atoms with van der Waals surface area (Å²) in [6, 6.07) is 7.83. The lowest BCUT2D eigenvalue weighted by atomic mass is 10.1. The maximum absolute atomic E-state index is 12.6. The first-order valence-corrected chi connectivity index (χ1v) is 7.83. The van der Waals surface area contributed by atoms with E-state index in [1.165, 1.54) is 0 Å². The van der Waals surface area contributed by atoms with E-state index in [4.69, 9.17) is 14.2 Å². The number of rotatable bonds is 4. The van der Waals surface area contributed by atoms with E-state index in [2.05, 4.69) is 0 Å². The van der Waals surface area contributed by atoms with Gasteiger partial charge in [0.2, 0.25) is 0 Å². The van der Waals surface area contributed by atoms with Gasteiger partial charge in [0.25, 0.3) is 5.91 Å². The minimum Gasteiger partial charge on any atom is -0.484 e. The van der Waals surface area contributed by atoms with Gasteiger partial charge < -0.3 is 19.1 Å². The zero-order valence-electron chi connectivity index (χ0n) is 13.2. The van der Waals surface area contributed by atoms with Crippen LogP contribution in [0.5, 0.6) is 5.75 Å². The molecular formula is C17H23NO4. The van der Waals surface area contributed by atoms with Crippen molar-refractivity contribution in [3.8, 4) is 5.75 Å². The van der Waals surface area contributed by atoms with E-state index in [0.717, 1.165) is 24.2 Å². The average molecular weight is 305 g/mol. The highest BCUT2D eigenvalue weighted by atomic mass is 16.5. The highest BCUT2D eigenvalue weighted by molar-refractivity contribution is 5.78. The van der Waals surface area contributed by atoms with Crippen LogP contribution in [-0.2, 0) is 14.3 Å². The summed E-state index contributed by atoms with van der Waals surface area (Å²) in [6.45, 7) is 3.21. The molecule has 1 heterocycles. The number of amides is 1. The van der Waals surface area contributed by atoms with Crippen LogP contribution in [0.2, 0.25) is 0 Å². The number of ether oxygens (including phenoxy) is 3. The Labute approximate surface area is 131 Å². The minimum absolute atomic E-state index is 0.00135. The Kier molecular flexibility index (Phi) is 4.64. The fourth-order valence-corrected chi connectivity index (χ4v) is 3.45. The molecular weight excluding hydrogens is 282 g/mol. The van der Waals surface area contributed by atoms with Crippen LogP contribution >= 0.6 is 0 Å². The third kappa shape index (κ3) is 2.96. The lowest BCUT2D eigenvalue weighted by Crippen LogP contribution is -2.47. The molecule has 0 aromatic heterocycles. The molecule has 1 aromatic carbocycles. The van der Waals surface area contributed by atoms with E-state index in [9.17, 15) is 4.79 Å². The number of hydrogen-bond donors (Lipinski definition) is 0. The maximum atomic E-state index is 12.6. The van der Waals surface area contributed by atoms with Crippen LogP contribution < -0.4 is 4.74 Å². The second-order valence-corrected chi connectivity index (χ2v) is 5.90. The first kappa shape index (κ1) is 15.3. The molecule has 1 aromatic rings. The molecule has 5 heteroatoms. The summed E-state index contributed by atoms with van der Waals surface area (Å²) in [5, 5.41) is 0. The number of fused-ring (bicyclic) bond motifs is 2. The highest BCUT2D eigenvalue weighted by Gasteiger charge is 2.44. The van der Waals surface area contributed by atoms with Gasteiger partial charge in [-0.3, -0.25) is 4.79 Å². The Morgan fingerprint density at radius 1 is 1.36 bits per heavy atom. The Morgan fingerprint density at radius 3 is 2.95 bits per heavy atom. The van der Waals surface area contributed by atoms with Crippen molar-refractivity contribution in [2.24, 2.45) is 0 Å². The molecule has 3 atom stereocenters. The predicted octanol–water partition coefficient (Wildman–Crippen LogP) is 1.78. The fraction of sp³-hybridized carbons (Fsp3) is 0.588. The summed E-state index contributed by atoms with van der Waals surface area (Å²) in [7, 11) is 1.69. The third-order valence-electron chi connectivity index (χ3n) is 4.59. The van der Waals surface area contributed by atoms with Crippen LogP contribution in [0.25, 0.3) is 0 Å².